The zero-order chi connectivity index (χ0) is 18.9. The van der Waals surface area contributed by atoms with Crippen molar-refractivity contribution in [3.63, 3.8) is 0 Å². The maximum absolute atomic E-state index is 12.9. The molecule has 1 aliphatic rings. The second-order valence-corrected chi connectivity index (χ2v) is 10.2. The number of nitrogens with zero attached hydrogens (tertiary/aromatic N) is 3. The van der Waals surface area contributed by atoms with Gasteiger partial charge < -0.3 is 4.57 Å². The molecule has 1 fully saturated rings. The van der Waals surface area contributed by atoms with Crippen LogP contribution in [0.4, 0.5) is 0 Å². The van der Waals surface area contributed by atoms with Crippen molar-refractivity contribution in [1.29, 1.82) is 0 Å². The summed E-state index contributed by atoms with van der Waals surface area (Å²) in [5.41, 5.74) is 0.705. The van der Waals surface area contributed by atoms with Crippen LogP contribution >= 0.6 is 35.0 Å². The molecule has 0 aliphatic carbocycles. The van der Waals surface area contributed by atoms with E-state index in [1.165, 1.54) is 10.4 Å². The molecule has 0 spiro atoms. The summed E-state index contributed by atoms with van der Waals surface area (Å²) in [6, 6.07) is 3.06. The normalized spacial score (nSPS) is 16.9. The van der Waals surface area contributed by atoms with E-state index in [1.54, 1.807) is 30.9 Å². The molecule has 0 bridgehead atoms. The number of aromatic nitrogens is 2. The third kappa shape index (κ3) is 4.22. The maximum atomic E-state index is 12.9. The lowest BCUT2D eigenvalue weighted by atomic mass is 10.0. The summed E-state index contributed by atoms with van der Waals surface area (Å²) in [6.45, 7) is 2.79. The van der Waals surface area contributed by atoms with Crippen LogP contribution in [0.15, 0.2) is 34.6 Å². The van der Waals surface area contributed by atoms with Gasteiger partial charge in [-0.05, 0) is 43.4 Å². The highest BCUT2D eigenvalue weighted by Crippen LogP contribution is 2.33. The largest absolute Gasteiger partial charge is 0.329 e. The zero-order valence-corrected chi connectivity index (χ0v) is 17.8. The van der Waals surface area contributed by atoms with Crippen LogP contribution in [0.1, 0.15) is 18.4 Å². The van der Waals surface area contributed by atoms with Gasteiger partial charge in [-0.3, -0.25) is 0 Å². The predicted octanol–water partition coefficient (Wildman–Crippen LogP) is 4.23. The number of thioether (sulfide) groups is 1. The van der Waals surface area contributed by atoms with Crippen LogP contribution in [-0.2, 0) is 17.1 Å². The van der Waals surface area contributed by atoms with E-state index in [-0.39, 0.29) is 9.92 Å². The van der Waals surface area contributed by atoms with Crippen LogP contribution in [-0.4, -0.2) is 41.1 Å². The van der Waals surface area contributed by atoms with E-state index in [9.17, 15) is 8.42 Å². The lowest BCUT2D eigenvalue weighted by molar-refractivity contribution is 0.291. The highest BCUT2D eigenvalue weighted by atomic mass is 35.5. The summed E-state index contributed by atoms with van der Waals surface area (Å²) in [7, 11) is -1.63. The van der Waals surface area contributed by atoms with E-state index in [0.717, 1.165) is 23.8 Å². The van der Waals surface area contributed by atoms with Crippen molar-refractivity contribution in [3.05, 3.63) is 40.1 Å². The van der Waals surface area contributed by atoms with E-state index in [1.807, 2.05) is 17.8 Å². The van der Waals surface area contributed by atoms with Crippen molar-refractivity contribution in [2.45, 2.75) is 29.8 Å². The van der Waals surface area contributed by atoms with Crippen molar-refractivity contribution in [2.75, 3.05) is 18.8 Å². The zero-order valence-electron chi connectivity index (χ0n) is 14.7. The molecule has 0 unspecified atom stereocenters. The van der Waals surface area contributed by atoms with Crippen LogP contribution < -0.4 is 0 Å². The van der Waals surface area contributed by atoms with Crippen molar-refractivity contribution >= 4 is 45.0 Å². The van der Waals surface area contributed by atoms with Gasteiger partial charge in [-0.25, -0.2) is 13.4 Å². The molecule has 3 rings (SSSR count). The first kappa shape index (κ1) is 20.0. The fourth-order valence-corrected chi connectivity index (χ4v) is 6.36. The molecule has 0 N–H and O–H groups in total. The van der Waals surface area contributed by atoms with Crippen LogP contribution in [0.3, 0.4) is 0 Å². The fraction of sp³-hybridized carbons (Fsp3) is 0.471. The molecule has 1 aliphatic heterocycles. The summed E-state index contributed by atoms with van der Waals surface area (Å²) in [5, 5.41) is 1.63. The number of benzene rings is 1. The van der Waals surface area contributed by atoms with Crippen LogP contribution in [0.5, 0.6) is 0 Å². The second kappa shape index (κ2) is 8.10. The molecule has 2 heterocycles. The van der Waals surface area contributed by atoms with Gasteiger partial charge in [0.1, 0.15) is 4.90 Å². The number of sulfonamides is 1. The molecule has 5 nitrogen and oxygen atoms in total. The quantitative estimate of drug-likeness (QED) is 0.661. The third-order valence-electron chi connectivity index (χ3n) is 4.63. The monoisotopic (exact) mass is 433 g/mol. The first-order valence-corrected chi connectivity index (χ1v) is 11.5. The summed E-state index contributed by atoms with van der Waals surface area (Å²) in [5.74, 6) is 1.42. The van der Waals surface area contributed by atoms with Crippen LogP contribution in [0.25, 0.3) is 0 Å². The number of aryl methyl sites for hydroxylation is 2. The lowest BCUT2D eigenvalue weighted by Gasteiger charge is -2.31. The SMILES string of the molecule is Cc1cc(S(=O)(=O)N2CCC(CSc3nccn3C)CC2)c(Cl)cc1Cl. The minimum atomic E-state index is -3.60. The average Bonchev–Trinajstić information content (AvgIpc) is 3.01. The summed E-state index contributed by atoms with van der Waals surface area (Å²) < 4.78 is 29.4. The summed E-state index contributed by atoms with van der Waals surface area (Å²) in [4.78, 5) is 4.45. The molecule has 1 aromatic carbocycles. The van der Waals surface area contributed by atoms with Gasteiger partial charge in [0.25, 0.3) is 0 Å². The van der Waals surface area contributed by atoms with Gasteiger partial charge in [0.05, 0.1) is 5.02 Å². The smallest absolute Gasteiger partial charge is 0.244 e. The maximum Gasteiger partial charge on any atom is 0.244 e. The van der Waals surface area contributed by atoms with Crippen molar-refractivity contribution in [2.24, 2.45) is 13.0 Å². The fourth-order valence-electron chi connectivity index (χ4n) is 2.97. The Morgan fingerprint density at radius 2 is 1.92 bits per heavy atom. The molecule has 1 saturated heterocycles. The van der Waals surface area contributed by atoms with Gasteiger partial charge in [0.15, 0.2) is 5.16 Å². The highest BCUT2D eigenvalue weighted by Gasteiger charge is 2.31. The Kier molecular flexibility index (Phi) is 6.24. The van der Waals surface area contributed by atoms with Gasteiger partial charge in [0, 0.05) is 43.3 Å². The minimum absolute atomic E-state index is 0.141. The predicted molar refractivity (Wildman–Crippen MR) is 107 cm³/mol. The van der Waals surface area contributed by atoms with Gasteiger partial charge in [-0.2, -0.15) is 4.31 Å². The molecule has 26 heavy (non-hydrogen) atoms. The topological polar surface area (TPSA) is 55.2 Å². The Morgan fingerprint density at radius 3 is 2.54 bits per heavy atom. The number of imidazole rings is 1. The molecule has 0 atom stereocenters. The Morgan fingerprint density at radius 1 is 1.23 bits per heavy atom. The Balaban J connectivity index is 1.64. The van der Waals surface area contributed by atoms with Gasteiger partial charge in [-0.1, -0.05) is 35.0 Å². The number of piperidine rings is 1. The number of rotatable bonds is 5. The highest BCUT2D eigenvalue weighted by molar-refractivity contribution is 7.99. The van der Waals surface area contributed by atoms with E-state index in [0.29, 0.717) is 29.6 Å². The van der Waals surface area contributed by atoms with Crippen molar-refractivity contribution < 1.29 is 8.42 Å². The Bertz CT molecular complexity index is 891. The minimum Gasteiger partial charge on any atom is -0.329 e. The molecule has 9 heteroatoms. The number of hydrogen-bond donors (Lipinski definition) is 0. The number of hydrogen-bond acceptors (Lipinski definition) is 4. The first-order valence-electron chi connectivity index (χ1n) is 8.35. The summed E-state index contributed by atoms with van der Waals surface area (Å²) in [6.07, 6.45) is 5.38. The van der Waals surface area contributed by atoms with Crippen LogP contribution in [0, 0.1) is 12.8 Å². The first-order chi connectivity index (χ1) is 12.3. The lowest BCUT2D eigenvalue weighted by Crippen LogP contribution is -2.39. The molecule has 2 aromatic rings. The van der Waals surface area contributed by atoms with E-state index < -0.39 is 10.0 Å². The molecule has 0 radical (unpaired) electrons. The Hall–Kier alpha value is -0.730. The van der Waals surface area contributed by atoms with Gasteiger partial charge in [0.2, 0.25) is 10.0 Å². The van der Waals surface area contributed by atoms with Crippen molar-refractivity contribution in [3.8, 4) is 0 Å². The summed E-state index contributed by atoms with van der Waals surface area (Å²) >= 11 is 13.9. The second-order valence-electron chi connectivity index (χ2n) is 6.51. The van der Waals surface area contributed by atoms with Gasteiger partial charge in [-0.15, -0.1) is 0 Å². The third-order valence-corrected chi connectivity index (χ3v) is 8.69. The average molecular weight is 434 g/mol. The van der Waals surface area contributed by atoms with Gasteiger partial charge >= 0.3 is 0 Å². The Labute approximate surface area is 168 Å². The van der Waals surface area contributed by atoms with E-state index in [4.69, 9.17) is 23.2 Å². The molecular formula is C17H21Cl2N3O2S2. The standard InChI is InChI=1S/C17H21Cl2N3O2S2/c1-12-9-16(15(19)10-14(12)18)26(23,24)22-6-3-13(4-7-22)11-25-17-20-5-8-21(17)2/h5,8-10,13H,3-4,6-7,11H2,1-2H3. The van der Waals surface area contributed by atoms with E-state index in [2.05, 4.69) is 4.98 Å². The number of halogens is 2. The van der Waals surface area contributed by atoms with Crippen LogP contribution in [0.2, 0.25) is 10.0 Å². The van der Waals surface area contributed by atoms with E-state index >= 15 is 0 Å². The molecule has 0 amide bonds. The molecule has 0 saturated carbocycles. The molecule has 1 aromatic heterocycles. The van der Waals surface area contributed by atoms with Crippen molar-refractivity contribution in [1.82, 2.24) is 13.9 Å². The molecular weight excluding hydrogens is 413 g/mol. The molecule has 142 valence electrons.